The molecule has 1 amide bonds. The van der Waals surface area contributed by atoms with Gasteiger partial charge in [0.1, 0.15) is 0 Å². The van der Waals surface area contributed by atoms with Gasteiger partial charge in [-0.2, -0.15) is 5.10 Å². The Morgan fingerprint density at radius 3 is 2.45 bits per heavy atom. The number of aromatic amines is 1. The number of likely N-dealkylation sites (tertiary alicyclic amines) is 1. The highest BCUT2D eigenvalue weighted by molar-refractivity contribution is 5.83. The largest absolute Gasteiger partial charge is 0.356 e. The highest BCUT2D eigenvalue weighted by Crippen LogP contribution is 2.34. The van der Waals surface area contributed by atoms with E-state index in [2.05, 4.69) is 53.5 Å². The second-order valence-corrected chi connectivity index (χ2v) is 9.52. The van der Waals surface area contributed by atoms with Crippen molar-refractivity contribution in [3.63, 3.8) is 0 Å². The second-order valence-electron chi connectivity index (χ2n) is 9.52. The Kier molecular flexibility index (Phi) is 6.77. The van der Waals surface area contributed by atoms with Gasteiger partial charge in [0.25, 0.3) is 5.56 Å². The zero-order valence-corrected chi connectivity index (χ0v) is 19.8. The summed E-state index contributed by atoms with van der Waals surface area (Å²) in [7, 11) is 0. The van der Waals surface area contributed by atoms with Crippen LogP contribution in [-0.2, 0) is 11.2 Å². The van der Waals surface area contributed by atoms with Crippen molar-refractivity contribution in [1.29, 1.82) is 0 Å². The fourth-order valence-corrected chi connectivity index (χ4v) is 4.62. The minimum atomic E-state index is -0.274. The van der Waals surface area contributed by atoms with Crippen molar-refractivity contribution in [2.45, 2.75) is 58.8 Å². The lowest BCUT2D eigenvalue weighted by Crippen LogP contribution is -2.40. The molecular formula is C26H32N4O3. The molecule has 0 radical (unpaired) electrons. The molecule has 174 valence electrons. The van der Waals surface area contributed by atoms with Crippen LogP contribution in [0.5, 0.6) is 0 Å². The maximum atomic E-state index is 13.2. The molecule has 3 aromatic rings. The third kappa shape index (κ3) is 5.24. The van der Waals surface area contributed by atoms with Gasteiger partial charge in [0.15, 0.2) is 5.76 Å². The number of aryl methyl sites for hydroxylation is 1. The van der Waals surface area contributed by atoms with Crippen molar-refractivity contribution < 1.29 is 9.32 Å². The fraction of sp³-hybridized carbons (Fsp3) is 0.462. The predicted octanol–water partition coefficient (Wildman–Crippen LogP) is 4.44. The summed E-state index contributed by atoms with van der Waals surface area (Å²) in [6.07, 6.45) is 2.61. The highest BCUT2D eigenvalue weighted by Gasteiger charge is 2.30. The van der Waals surface area contributed by atoms with E-state index in [9.17, 15) is 9.59 Å². The molecule has 7 heteroatoms. The molecule has 1 unspecified atom stereocenters. The van der Waals surface area contributed by atoms with Crippen LogP contribution in [0.1, 0.15) is 68.0 Å². The summed E-state index contributed by atoms with van der Waals surface area (Å²) in [5, 5.41) is 10.8. The maximum absolute atomic E-state index is 13.2. The number of carbonyl (C=O) groups is 1. The van der Waals surface area contributed by atoms with Crippen LogP contribution in [0.2, 0.25) is 0 Å². The SMILES string of the molecule is Cc1cc(-c2cc(=O)[nH]nc2C2CCN(C(=O)C(C)c3ccc(CC(C)C)cc3)CC2)on1. The first kappa shape index (κ1) is 23.0. The van der Waals surface area contributed by atoms with Gasteiger partial charge in [-0.05, 0) is 50.2 Å². The first-order valence-corrected chi connectivity index (χ1v) is 11.7. The van der Waals surface area contributed by atoms with Crippen molar-refractivity contribution >= 4 is 5.91 Å². The molecule has 0 aliphatic carbocycles. The number of nitrogens with one attached hydrogen (secondary N) is 1. The first-order valence-electron chi connectivity index (χ1n) is 11.7. The van der Waals surface area contributed by atoms with Gasteiger partial charge >= 0.3 is 0 Å². The average Bonchev–Trinajstić information content (AvgIpc) is 3.24. The van der Waals surface area contributed by atoms with Crippen LogP contribution < -0.4 is 5.56 Å². The number of aromatic nitrogens is 3. The molecule has 2 aromatic heterocycles. The Balaban J connectivity index is 1.43. The lowest BCUT2D eigenvalue weighted by Gasteiger charge is -2.33. The molecule has 4 rings (SSSR count). The second kappa shape index (κ2) is 9.73. The van der Waals surface area contributed by atoms with E-state index >= 15 is 0 Å². The molecule has 0 bridgehead atoms. The van der Waals surface area contributed by atoms with Gasteiger partial charge in [0, 0.05) is 36.7 Å². The fourth-order valence-electron chi connectivity index (χ4n) is 4.62. The van der Waals surface area contributed by atoms with E-state index in [1.165, 1.54) is 11.6 Å². The van der Waals surface area contributed by atoms with Crippen LogP contribution in [0.4, 0.5) is 0 Å². The van der Waals surface area contributed by atoms with Gasteiger partial charge in [-0.15, -0.1) is 0 Å². The van der Waals surface area contributed by atoms with Crippen molar-refractivity contribution in [2.24, 2.45) is 5.92 Å². The number of piperidine rings is 1. The maximum Gasteiger partial charge on any atom is 0.264 e. The lowest BCUT2D eigenvalue weighted by molar-refractivity contribution is -0.133. The van der Waals surface area contributed by atoms with E-state index in [-0.39, 0.29) is 23.3 Å². The standard InChI is InChI=1S/C26H32N4O3/c1-16(2)13-19-5-7-20(8-6-19)18(4)26(32)30-11-9-21(10-12-30)25-22(15-24(31)27-28-25)23-14-17(3)29-33-23/h5-8,14-16,18,21H,9-13H2,1-4H3,(H,27,31). The van der Waals surface area contributed by atoms with Gasteiger partial charge in [0.05, 0.1) is 17.3 Å². The number of H-pyrrole nitrogens is 1. The number of nitrogens with zero attached hydrogens (tertiary/aromatic N) is 3. The topological polar surface area (TPSA) is 92.1 Å². The van der Waals surface area contributed by atoms with E-state index < -0.39 is 0 Å². The van der Waals surface area contributed by atoms with Crippen molar-refractivity contribution in [3.05, 3.63) is 69.3 Å². The molecule has 7 nitrogen and oxygen atoms in total. The summed E-state index contributed by atoms with van der Waals surface area (Å²) in [6.45, 7) is 9.57. The molecule has 0 saturated carbocycles. The molecule has 33 heavy (non-hydrogen) atoms. The van der Waals surface area contributed by atoms with E-state index in [1.807, 2.05) is 24.8 Å². The van der Waals surface area contributed by atoms with Gasteiger partial charge < -0.3 is 9.42 Å². The summed E-state index contributed by atoms with van der Waals surface area (Å²) in [4.78, 5) is 27.0. The summed E-state index contributed by atoms with van der Waals surface area (Å²) >= 11 is 0. The number of amides is 1. The number of rotatable bonds is 6. The Morgan fingerprint density at radius 1 is 1.15 bits per heavy atom. The highest BCUT2D eigenvalue weighted by atomic mass is 16.5. The summed E-state index contributed by atoms with van der Waals surface area (Å²) in [5.74, 6) is 1.28. The monoisotopic (exact) mass is 448 g/mol. The van der Waals surface area contributed by atoms with Crippen LogP contribution in [-0.4, -0.2) is 39.3 Å². The third-order valence-corrected chi connectivity index (χ3v) is 6.42. The summed E-state index contributed by atoms with van der Waals surface area (Å²) in [5.41, 5.74) is 4.32. The quantitative estimate of drug-likeness (QED) is 0.602. The van der Waals surface area contributed by atoms with Crippen molar-refractivity contribution in [2.75, 3.05) is 13.1 Å². The zero-order chi connectivity index (χ0) is 23.5. The lowest BCUT2D eigenvalue weighted by atomic mass is 9.89. The Bertz CT molecular complexity index is 1150. The molecule has 1 saturated heterocycles. The molecule has 1 N–H and O–H groups in total. The number of carbonyl (C=O) groups excluding carboxylic acids is 1. The summed E-state index contributed by atoms with van der Waals surface area (Å²) < 4.78 is 5.40. The smallest absolute Gasteiger partial charge is 0.264 e. The van der Waals surface area contributed by atoms with Crippen molar-refractivity contribution in [1.82, 2.24) is 20.3 Å². The van der Waals surface area contributed by atoms with Gasteiger partial charge in [-0.25, -0.2) is 5.10 Å². The molecule has 1 atom stereocenters. The number of benzene rings is 1. The van der Waals surface area contributed by atoms with Gasteiger partial charge in [-0.3, -0.25) is 9.59 Å². The van der Waals surface area contributed by atoms with Crippen LogP contribution in [0.3, 0.4) is 0 Å². The van der Waals surface area contributed by atoms with E-state index in [1.54, 1.807) is 0 Å². The van der Waals surface area contributed by atoms with Gasteiger partial charge in [-0.1, -0.05) is 43.3 Å². The number of hydrogen-bond acceptors (Lipinski definition) is 5. The molecule has 3 heterocycles. The van der Waals surface area contributed by atoms with E-state index in [0.717, 1.165) is 36.2 Å². The molecule has 1 aromatic carbocycles. The summed E-state index contributed by atoms with van der Waals surface area (Å²) in [6, 6.07) is 11.8. The molecule has 1 aliphatic heterocycles. The molecule has 0 spiro atoms. The Morgan fingerprint density at radius 2 is 1.85 bits per heavy atom. The minimum Gasteiger partial charge on any atom is -0.356 e. The van der Waals surface area contributed by atoms with Crippen LogP contribution in [0, 0.1) is 12.8 Å². The van der Waals surface area contributed by atoms with Gasteiger partial charge in [0.2, 0.25) is 5.91 Å². The molecular weight excluding hydrogens is 416 g/mol. The Hall–Kier alpha value is -3.22. The van der Waals surface area contributed by atoms with E-state index in [4.69, 9.17) is 4.52 Å². The third-order valence-electron chi connectivity index (χ3n) is 6.42. The Labute approximate surface area is 194 Å². The zero-order valence-electron chi connectivity index (χ0n) is 19.8. The normalized spacial score (nSPS) is 15.7. The van der Waals surface area contributed by atoms with Crippen molar-refractivity contribution in [3.8, 4) is 11.3 Å². The van der Waals surface area contributed by atoms with Crippen LogP contribution in [0.25, 0.3) is 11.3 Å². The average molecular weight is 449 g/mol. The first-order chi connectivity index (χ1) is 15.8. The van der Waals surface area contributed by atoms with Crippen LogP contribution >= 0.6 is 0 Å². The minimum absolute atomic E-state index is 0.136. The predicted molar refractivity (Wildman–Crippen MR) is 127 cm³/mol. The van der Waals surface area contributed by atoms with Crippen LogP contribution in [0.15, 0.2) is 45.7 Å². The molecule has 1 fully saturated rings. The number of hydrogen-bond donors (Lipinski definition) is 1. The molecule has 1 aliphatic rings. The van der Waals surface area contributed by atoms with E-state index in [0.29, 0.717) is 30.3 Å².